The second kappa shape index (κ2) is 9.11. The van der Waals surface area contributed by atoms with Gasteiger partial charge in [-0.3, -0.25) is 25.2 Å². The predicted octanol–water partition coefficient (Wildman–Crippen LogP) is 3.13. The number of halogens is 1. The number of amides is 2. The molecule has 0 unspecified atom stereocenters. The van der Waals surface area contributed by atoms with Crippen LogP contribution >= 0.6 is 11.6 Å². The highest BCUT2D eigenvalue weighted by Crippen LogP contribution is 2.26. The number of ether oxygens (including phenoxy) is 1. The van der Waals surface area contributed by atoms with E-state index in [0.717, 1.165) is 6.07 Å². The van der Waals surface area contributed by atoms with Gasteiger partial charge < -0.3 is 9.15 Å². The molecule has 0 fully saturated rings. The number of hydrogen-bond donors (Lipinski definition) is 3. The van der Waals surface area contributed by atoms with Gasteiger partial charge in [0.2, 0.25) is 0 Å². The number of aryl methyl sites for hydroxylation is 1. The van der Waals surface area contributed by atoms with E-state index in [0.29, 0.717) is 11.5 Å². The fourth-order valence-electron chi connectivity index (χ4n) is 2.59. The van der Waals surface area contributed by atoms with Gasteiger partial charge in [-0.05, 0) is 55.5 Å². The first-order valence-corrected chi connectivity index (χ1v) is 10.7. The molecular weight excluding hydrogens is 446 g/mol. The number of furan rings is 1. The van der Waals surface area contributed by atoms with Crippen LogP contribution in [0.5, 0.6) is 5.75 Å². The maximum atomic E-state index is 12.8. The normalized spacial score (nSPS) is 10.9. The summed E-state index contributed by atoms with van der Waals surface area (Å²) < 4.78 is 38.0. The number of anilines is 1. The van der Waals surface area contributed by atoms with Crippen molar-refractivity contribution in [1.29, 1.82) is 0 Å². The molecule has 0 radical (unpaired) electrons. The second-order valence-corrected chi connectivity index (χ2v) is 8.34. The standard InChI is InChI=1S/C20H18ClN3O6S/c1-12-16(9-10-30-12)20(26)23-22-19(25)13-3-8-17(21)18(11-13)31(27,28)24-14-4-6-15(29-2)7-5-14/h3-11,24H,1-2H3,(H,22,25)(H,23,26). The largest absolute Gasteiger partial charge is 0.497 e. The average Bonchev–Trinajstić information content (AvgIpc) is 3.18. The molecule has 2 amide bonds. The van der Waals surface area contributed by atoms with Gasteiger partial charge in [0.1, 0.15) is 16.4 Å². The second-order valence-electron chi connectivity index (χ2n) is 6.28. The first-order valence-electron chi connectivity index (χ1n) is 8.82. The SMILES string of the molecule is COc1ccc(NS(=O)(=O)c2cc(C(=O)NNC(=O)c3ccoc3C)ccc2Cl)cc1. The molecule has 162 valence electrons. The minimum atomic E-state index is -4.09. The monoisotopic (exact) mass is 463 g/mol. The summed E-state index contributed by atoms with van der Waals surface area (Å²) in [5, 5.41) is -0.0735. The van der Waals surface area contributed by atoms with Crippen molar-refractivity contribution >= 4 is 39.1 Å². The first kappa shape index (κ1) is 22.2. The fourth-order valence-corrected chi connectivity index (χ4v) is 4.18. The molecule has 3 N–H and O–H groups in total. The molecule has 2 aromatic carbocycles. The van der Waals surface area contributed by atoms with E-state index in [4.69, 9.17) is 20.8 Å². The van der Waals surface area contributed by atoms with E-state index in [1.54, 1.807) is 19.1 Å². The maximum absolute atomic E-state index is 12.8. The highest BCUT2D eigenvalue weighted by Gasteiger charge is 2.21. The van der Waals surface area contributed by atoms with Crippen LogP contribution in [0, 0.1) is 6.92 Å². The zero-order chi connectivity index (χ0) is 22.6. The minimum Gasteiger partial charge on any atom is -0.497 e. The van der Waals surface area contributed by atoms with Crippen molar-refractivity contribution < 1.29 is 27.2 Å². The van der Waals surface area contributed by atoms with Gasteiger partial charge in [-0.15, -0.1) is 0 Å². The molecule has 0 spiro atoms. The summed E-state index contributed by atoms with van der Waals surface area (Å²) in [6, 6.07) is 11.4. The van der Waals surface area contributed by atoms with E-state index in [2.05, 4.69) is 15.6 Å². The van der Waals surface area contributed by atoms with Gasteiger partial charge in [0.15, 0.2) is 0 Å². The minimum absolute atomic E-state index is 0.0243. The number of nitrogens with one attached hydrogen (secondary N) is 3. The van der Waals surface area contributed by atoms with Crippen LogP contribution in [-0.2, 0) is 10.0 Å². The Morgan fingerprint density at radius 1 is 1.00 bits per heavy atom. The van der Waals surface area contributed by atoms with Gasteiger partial charge in [0.05, 0.1) is 24.0 Å². The van der Waals surface area contributed by atoms with Gasteiger partial charge in [-0.1, -0.05) is 11.6 Å². The molecular formula is C20H18ClN3O6S. The van der Waals surface area contributed by atoms with Crippen LogP contribution in [0.4, 0.5) is 5.69 Å². The number of hydrazine groups is 1. The maximum Gasteiger partial charge on any atom is 0.273 e. The van der Waals surface area contributed by atoms with Crippen molar-refractivity contribution in [2.24, 2.45) is 0 Å². The molecule has 0 aliphatic carbocycles. The predicted molar refractivity (Wildman–Crippen MR) is 114 cm³/mol. The van der Waals surface area contributed by atoms with E-state index < -0.39 is 21.8 Å². The molecule has 0 bridgehead atoms. The summed E-state index contributed by atoms with van der Waals surface area (Å²) in [6.45, 7) is 1.60. The quantitative estimate of drug-likeness (QED) is 0.482. The lowest BCUT2D eigenvalue weighted by atomic mass is 10.2. The van der Waals surface area contributed by atoms with Crippen LogP contribution in [0.25, 0.3) is 0 Å². The van der Waals surface area contributed by atoms with Crippen molar-refractivity contribution in [2.75, 3.05) is 11.8 Å². The van der Waals surface area contributed by atoms with E-state index in [9.17, 15) is 18.0 Å². The van der Waals surface area contributed by atoms with E-state index in [1.165, 1.54) is 43.7 Å². The molecule has 0 aliphatic rings. The third kappa shape index (κ3) is 5.16. The van der Waals surface area contributed by atoms with Gasteiger partial charge in [0.25, 0.3) is 21.8 Å². The van der Waals surface area contributed by atoms with Crippen LogP contribution in [0.1, 0.15) is 26.5 Å². The van der Waals surface area contributed by atoms with Crippen molar-refractivity contribution in [2.45, 2.75) is 11.8 Å². The Balaban J connectivity index is 1.76. The molecule has 31 heavy (non-hydrogen) atoms. The van der Waals surface area contributed by atoms with Crippen molar-refractivity contribution in [3.63, 3.8) is 0 Å². The van der Waals surface area contributed by atoms with Gasteiger partial charge in [-0.25, -0.2) is 8.42 Å². The lowest BCUT2D eigenvalue weighted by molar-refractivity contribution is 0.0845. The number of rotatable bonds is 6. The lowest BCUT2D eigenvalue weighted by Crippen LogP contribution is -2.41. The zero-order valence-electron chi connectivity index (χ0n) is 16.4. The summed E-state index contributed by atoms with van der Waals surface area (Å²) in [5.74, 6) is -0.363. The first-order chi connectivity index (χ1) is 14.7. The Bertz CT molecular complexity index is 1220. The third-order valence-electron chi connectivity index (χ3n) is 4.22. The van der Waals surface area contributed by atoms with Crippen LogP contribution < -0.4 is 20.3 Å². The number of carbonyl (C=O) groups excluding carboxylic acids is 2. The Morgan fingerprint density at radius 3 is 2.29 bits per heavy atom. The number of carbonyl (C=O) groups is 2. The summed E-state index contributed by atoms with van der Waals surface area (Å²) in [7, 11) is -2.60. The highest BCUT2D eigenvalue weighted by atomic mass is 35.5. The number of sulfonamides is 1. The number of benzene rings is 2. The summed E-state index contributed by atoms with van der Waals surface area (Å²) in [4.78, 5) is 24.2. The van der Waals surface area contributed by atoms with E-state index in [1.807, 2.05) is 0 Å². The third-order valence-corrected chi connectivity index (χ3v) is 6.08. The molecule has 0 saturated carbocycles. The van der Waals surface area contributed by atoms with Crippen molar-refractivity contribution in [3.8, 4) is 5.75 Å². The molecule has 9 nitrogen and oxygen atoms in total. The van der Waals surface area contributed by atoms with Crippen LogP contribution in [0.2, 0.25) is 5.02 Å². The smallest absolute Gasteiger partial charge is 0.273 e. The Kier molecular flexibility index (Phi) is 6.52. The molecule has 0 aliphatic heterocycles. The van der Waals surface area contributed by atoms with E-state index in [-0.39, 0.29) is 26.7 Å². The average molecular weight is 464 g/mol. The zero-order valence-corrected chi connectivity index (χ0v) is 18.0. The Morgan fingerprint density at radius 2 is 1.68 bits per heavy atom. The summed E-state index contributed by atoms with van der Waals surface area (Å²) >= 11 is 6.06. The molecule has 1 aromatic heterocycles. The molecule has 11 heteroatoms. The topological polar surface area (TPSA) is 127 Å². The molecule has 3 rings (SSSR count). The van der Waals surface area contributed by atoms with Crippen LogP contribution in [0.15, 0.2) is 64.1 Å². The summed E-state index contributed by atoms with van der Waals surface area (Å²) in [5.41, 5.74) is 4.98. The van der Waals surface area contributed by atoms with Gasteiger partial charge >= 0.3 is 0 Å². The fraction of sp³-hybridized carbons (Fsp3) is 0.100. The van der Waals surface area contributed by atoms with Gasteiger partial charge in [-0.2, -0.15) is 0 Å². The molecule has 3 aromatic rings. The molecule has 0 atom stereocenters. The van der Waals surface area contributed by atoms with Crippen molar-refractivity contribution in [3.05, 3.63) is 76.7 Å². The van der Waals surface area contributed by atoms with Crippen molar-refractivity contribution in [1.82, 2.24) is 10.9 Å². The lowest BCUT2D eigenvalue weighted by Gasteiger charge is -2.12. The Labute approximate surface area is 183 Å². The highest BCUT2D eigenvalue weighted by molar-refractivity contribution is 7.92. The summed E-state index contributed by atoms with van der Waals surface area (Å²) in [6.07, 6.45) is 1.35. The van der Waals surface area contributed by atoms with Crippen LogP contribution in [-0.4, -0.2) is 27.3 Å². The molecule has 1 heterocycles. The number of methoxy groups -OCH3 is 1. The number of hydrogen-bond acceptors (Lipinski definition) is 6. The Hall–Kier alpha value is -3.50. The van der Waals surface area contributed by atoms with Gasteiger partial charge in [0, 0.05) is 11.3 Å². The van der Waals surface area contributed by atoms with Crippen LogP contribution in [0.3, 0.4) is 0 Å². The molecule has 0 saturated heterocycles. The van der Waals surface area contributed by atoms with E-state index >= 15 is 0 Å².